The Balaban J connectivity index is 1.59. The molecule has 3 atom stereocenters. The van der Waals surface area contributed by atoms with Gasteiger partial charge in [-0.05, 0) is 38.3 Å². The lowest BCUT2D eigenvalue weighted by Crippen LogP contribution is -2.43. The first-order valence-electron chi connectivity index (χ1n) is 6.96. The van der Waals surface area contributed by atoms with Crippen molar-refractivity contribution >= 4 is 17.5 Å². The van der Waals surface area contributed by atoms with E-state index in [9.17, 15) is 9.59 Å². The fourth-order valence-electron chi connectivity index (χ4n) is 2.94. The number of amides is 2. The maximum absolute atomic E-state index is 12.0. The van der Waals surface area contributed by atoms with Gasteiger partial charge < -0.3 is 15.4 Å². The maximum Gasteiger partial charge on any atom is 0.319 e. The molecule has 2 bridgehead atoms. The minimum atomic E-state index is -0.244. The van der Waals surface area contributed by atoms with Crippen molar-refractivity contribution in [2.75, 3.05) is 5.32 Å². The number of hydrogen-bond donors (Lipinski definition) is 2. The molecule has 5 heteroatoms. The molecule has 2 saturated heterocycles. The van der Waals surface area contributed by atoms with Gasteiger partial charge in [-0.2, -0.15) is 0 Å². The molecular weight excluding hydrogens is 256 g/mol. The standard InChI is InChI=1S/C15H18N2O3/c1-9(18)10-3-2-4-11(7-10)16-15(19)17-13-8-12-5-6-14(13)20-12/h2-4,7,12-14H,5-6,8H2,1H3,(H2,16,17,19). The summed E-state index contributed by atoms with van der Waals surface area (Å²) in [6.45, 7) is 1.51. The molecule has 20 heavy (non-hydrogen) atoms. The third kappa shape index (κ3) is 2.67. The maximum atomic E-state index is 12.0. The van der Waals surface area contributed by atoms with Gasteiger partial charge in [0.05, 0.1) is 18.2 Å². The van der Waals surface area contributed by atoms with E-state index < -0.39 is 0 Å². The van der Waals surface area contributed by atoms with E-state index in [0.29, 0.717) is 17.4 Å². The van der Waals surface area contributed by atoms with Crippen molar-refractivity contribution in [3.63, 3.8) is 0 Å². The molecule has 2 heterocycles. The van der Waals surface area contributed by atoms with Gasteiger partial charge in [-0.25, -0.2) is 4.79 Å². The van der Waals surface area contributed by atoms with Crippen molar-refractivity contribution < 1.29 is 14.3 Å². The molecular formula is C15H18N2O3. The van der Waals surface area contributed by atoms with Crippen LogP contribution >= 0.6 is 0 Å². The van der Waals surface area contributed by atoms with Crippen molar-refractivity contribution in [1.82, 2.24) is 5.32 Å². The van der Waals surface area contributed by atoms with Gasteiger partial charge in [-0.3, -0.25) is 4.79 Å². The summed E-state index contributed by atoms with van der Waals surface area (Å²) < 4.78 is 5.70. The van der Waals surface area contributed by atoms with E-state index in [2.05, 4.69) is 10.6 Å². The second-order valence-corrected chi connectivity index (χ2v) is 5.45. The Labute approximate surface area is 117 Å². The summed E-state index contributed by atoms with van der Waals surface area (Å²) >= 11 is 0. The number of carbonyl (C=O) groups excluding carboxylic acids is 2. The number of carbonyl (C=O) groups is 2. The molecule has 2 amide bonds. The number of nitrogens with one attached hydrogen (secondary N) is 2. The predicted octanol–water partition coefficient (Wildman–Crippen LogP) is 2.33. The number of fused-ring (bicyclic) bond motifs is 2. The minimum Gasteiger partial charge on any atom is -0.373 e. The molecule has 0 aromatic heterocycles. The zero-order chi connectivity index (χ0) is 14.1. The minimum absolute atomic E-state index is 0.0180. The summed E-state index contributed by atoms with van der Waals surface area (Å²) in [5.74, 6) is -0.0180. The van der Waals surface area contributed by atoms with Crippen LogP contribution in [0, 0.1) is 0 Å². The van der Waals surface area contributed by atoms with Gasteiger partial charge in [0, 0.05) is 11.3 Å². The van der Waals surface area contributed by atoms with E-state index in [0.717, 1.165) is 19.3 Å². The normalized spacial score (nSPS) is 27.4. The summed E-state index contributed by atoms with van der Waals surface area (Å²) in [4.78, 5) is 23.3. The Kier molecular flexibility index (Phi) is 3.44. The van der Waals surface area contributed by atoms with Crippen molar-refractivity contribution in [3.8, 4) is 0 Å². The van der Waals surface area contributed by atoms with Gasteiger partial charge in [0.25, 0.3) is 0 Å². The highest BCUT2D eigenvalue weighted by molar-refractivity contribution is 5.96. The van der Waals surface area contributed by atoms with Crippen LogP contribution in [-0.4, -0.2) is 30.1 Å². The number of benzene rings is 1. The third-order valence-electron chi connectivity index (χ3n) is 3.95. The highest BCUT2D eigenvalue weighted by Gasteiger charge is 2.41. The molecule has 0 radical (unpaired) electrons. The van der Waals surface area contributed by atoms with Crippen molar-refractivity contribution in [2.45, 2.75) is 44.4 Å². The average Bonchev–Trinajstić information content (AvgIpc) is 3.01. The smallest absolute Gasteiger partial charge is 0.319 e. The summed E-state index contributed by atoms with van der Waals surface area (Å²) in [5.41, 5.74) is 1.21. The van der Waals surface area contributed by atoms with Crippen molar-refractivity contribution in [2.24, 2.45) is 0 Å². The second kappa shape index (κ2) is 5.25. The van der Waals surface area contributed by atoms with E-state index in [1.54, 1.807) is 24.3 Å². The van der Waals surface area contributed by atoms with Gasteiger partial charge in [0.2, 0.25) is 0 Å². The van der Waals surface area contributed by atoms with Crippen molar-refractivity contribution in [1.29, 1.82) is 0 Å². The molecule has 2 aliphatic heterocycles. The van der Waals surface area contributed by atoms with Crippen LogP contribution in [0.1, 0.15) is 36.5 Å². The molecule has 1 aromatic rings. The van der Waals surface area contributed by atoms with Crippen molar-refractivity contribution in [3.05, 3.63) is 29.8 Å². The fourth-order valence-corrected chi connectivity index (χ4v) is 2.94. The second-order valence-electron chi connectivity index (χ2n) is 5.45. The number of anilines is 1. The Hall–Kier alpha value is -1.88. The number of hydrogen-bond acceptors (Lipinski definition) is 3. The Bertz CT molecular complexity index is 544. The van der Waals surface area contributed by atoms with Gasteiger partial charge in [-0.1, -0.05) is 12.1 Å². The first-order valence-corrected chi connectivity index (χ1v) is 6.96. The summed E-state index contributed by atoms with van der Waals surface area (Å²) in [7, 11) is 0. The zero-order valence-corrected chi connectivity index (χ0v) is 11.4. The number of urea groups is 1. The van der Waals surface area contributed by atoms with Gasteiger partial charge in [0.1, 0.15) is 0 Å². The van der Waals surface area contributed by atoms with Gasteiger partial charge in [-0.15, -0.1) is 0 Å². The largest absolute Gasteiger partial charge is 0.373 e. The zero-order valence-electron chi connectivity index (χ0n) is 11.4. The van der Waals surface area contributed by atoms with Gasteiger partial charge >= 0.3 is 6.03 Å². The Morgan fingerprint density at radius 1 is 1.30 bits per heavy atom. The molecule has 2 N–H and O–H groups in total. The quantitative estimate of drug-likeness (QED) is 0.831. The van der Waals surface area contributed by atoms with Gasteiger partial charge in [0.15, 0.2) is 5.78 Å². The van der Waals surface area contributed by atoms with Crippen LogP contribution in [0.5, 0.6) is 0 Å². The van der Waals surface area contributed by atoms with Crippen LogP contribution in [0.4, 0.5) is 10.5 Å². The summed E-state index contributed by atoms with van der Waals surface area (Å²) in [6.07, 6.45) is 3.49. The van der Waals surface area contributed by atoms with Crippen LogP contribution in [0.25, 0.3) is 0 Å². The molecule has 2 fully saturated rings. The van der Waals surface area contributed by atoms with Crippen LogP contribution in [0.3, 0.4) is 0 Å². The highest BCUT2D eigenvalue weighted by atomic mass is 16.5. The van der Waals surface area contributed by atoms with E-state index in [1.165, 1.54) is 6.92 Å². The first-order chi connectivity index (χ1) is 9.61. The van der Waals surface area contributed by atoms with Crippen LogP contribution in [0.2, 0.25) is 0 Å². The van der Waals surface area contributed by atoms with E-state index >= 15 is 0 Å². The fraction of sp³-hybridized carbons (Fsp3) is 0.467. The predicted molar refractivity (Wildman–Crippen MR) is 74.9 cm³/mol. The first kappa shape index (κ1) is 13.1. The molecule has 2 aliphatic rings. The molecule has 3 unspecified atom stereocenters. The average molecular weight is 274 g/mol. The molecule has 0 spiro atoms. The van der Waals surface area contributed by atoms with Crippen LogP contribution < -0.4 is 10.6 Å². The van der Waals surface area contributed by atoms with E-state index in [1.807, 2.05) is 0 Å². The number of Topliss-reactive ketones (excluding diaryl/α,β-unsaturated/α-hetero) is 1. The Morgan fingerprint density at radius 3 is 2.80 bits per heavy atom. The third-order valence-corrected chi connectivity index (χ3v) is 3.95. The molecule has 3 rings (SSSR count). The number of ether oxygens (including phenoxy) is 1. The van der Waals surface area contributed by atoms with Crippen LogP contribution in [-0.2, 0) is 4.74 Å². The lowest BCUT2D eigenvalue weighted by atomic mass is 9.96. The van der Waals surface area contributed by atoms with E-state index in [4.69, 9.17) is 4.74 Å². The molecule has 0 saturated carbocycles. The summed E-state index contributed by atoms with van der Waals surface area (Å²) in [5, 5.41) is 5.71. The van der Waals surface area contributed by atoms with E-state index in [-0.39, 0.29) is 24.0 Å². The number of rotatable bonds is 3. The van der Waals surface area contributed by atoms with Crippen LogP contribution in [0.15, 0.2) is 24.3 Å². The lowest BCUT2D eigenvalue weighted by molar-refractivity contribution is 0.0983. The highest BCUT2D eigenvalue weighted by Crippen LogP contribution is 2.34. The Morgan fingerprint density at radius 2 is 2.15 bits per heavy atom. The molecule has 106 valence electrons. The monoisotopic (exact) mass is 274 g/mol. The molecule has 0 aliphatic carbocycles. The molecule has 1 aromatic carbocycles. The topological polar surface area (TPSA) is 67.4 Å². The SMILES string of the molecule is CC(=O)c1cccc(NC(=O)NC2CC3CCC2O3)c1. The summed E-state index contributed by atoms with van der Waals surface area (Å²) in [6, 6.07) is 6.79. The number of ketones is 1. The lowest BCUT2D eigenvalue weighted by Gasteiger charge is -2.20. The molecule has 5 nitrogen and oxygen atoms in total.